The van der Waals surface area contributed by atoms with Crippen LogP contribution in [0.25, 0.3) is 0 Å². The molecule has 1 aliphatic carbocycles. The van der Waals surface area contributed by atoms with Crippen LogP contribution < -0.4 is 10.6 Å². The summed E-state index contributed by atoms with van der Waals surface area (Å²) in [6, 6.07) is 0.0473. The zero-order valence-corrected chi connectivity index (χ0v) is 13.1. The summed E-state index contributed by atoms with van der Waals surface area (Å²) in [4.78, 5) is 27.8. The summed E-state index contributed by atoms with van der Waals surface area (Å²) >= 11 is 0. The van der Waals surface area contributed by atoms with Crippen molar-refractivity contribution in [2.75, 3.05) is 0 Å². The van der Waals surface area contributed by atoms with Gasteiger partial charge in [-0.15, -0.1) is 0 Å². The number of rotatable bonds is 6. The number of amides is 2. The highest BCUT2D eigenvalue weighted by Gasteiger charge is 2.16. The highest BCUT2D eigenvalue weighted by molar-refractivity contribution is 5.83. The molecule has 1 heterocycles. The van der Waals surface area contributed by atoms with Gasteiger partial charge in [0, 0.05) is 18.9 Å². The molecule has 0 aromatic carbocycles. The lowest BCUT2D eigenvalue weighted by Gasteiger charge is -2.16. The lowest BCUT2D eigenvalue weighted by molar-refractivity contribution is -0.127. The first-order valence-corrected chi connectivity index (χ1v) is 8.09. The van der Waals surface area contributed by atoms with Gasteiger partial charge in [-0.1, -0.05) is 25.7 Å². The molecule has 1 saturated carbocycles. The second-order valence-electron chi connectivity index (χ2n) is 5.92. The van der Waals surface area contributed by atoms with E-state index in [1.165, 1.54) is 32.0 Å². The first kappa shape index (κ1) is 16.5. The minimum atomic E-state index is -0.236. The van der Waals surface area contributed by atoms with Gasteiger partial charge >= 0.3 is 0 Å². The fourth-order valence-corrected chi connectivity index (χ4v) is 2.76. The third-order valence-electron chi connectivity index (χ3n) is 4.02. The Morgan fingerprint density at radius 3 is 2.55 bits per heavy atom. The Kier molecular flexibility index (Phi) is 6.36. The third kappa shape index (κ3) is 5.46. The van der Waals surface area contributed by atoms with Crippen LogP contribution in [0, 0.1) is 0 Å². The van der Waals surface area contributed by atoms with Gasteiger partial charge in [0.25, 0.3) is 0 Å². The van der Waals surface area contributed by atoms with Gasteiger partial charge in [-0.3, -0.25) is 14.7 Å². The molecule has 0 bridgehead atoms. The van der Waals surface area contributed by atoms with Crippen molar-refractivity contribution >= 4 is 11.8 Å². The number of aromatic nitrogens is 3. The van der Waals surface area contributed by atoms with E-state index < -0.39 is 0 Å². The van der Waals surface area contributed by atoms with E-state index in [2.05, 4.69) is 25.8 Å². The molecule has 0 unspecified atom stereocenters. The van der Waals surface area contributed by atoms with Gasteiger partial charge in [0.2, 0.25) is 11.8 Å². The van der Waals surface area contributed by atoms with E-state index in [-0.39, 0.29) is 36.7 Å². The molecule has 122 valence electrons. The molecule has 0 radical (unpaired) electrons. The predicted octanol–water partition coefficient (Wildman–Crippen LogP) is 1.60. The van der Waals surface area contributed by atoms with Crippen molar-refractivity contribution in [1.82, 2.24) is 25.8 Å². The fraction of sp³-hybridized carbons (Fsp3) is 0.733. The molecule has 0 aliphatic heterocycles. The average molecular weight is 307 g/mol. The fourth-order valence-electron chi connectivity index (χ4n) is 2.76. The zero-order valence-electron chi connectivity index (χ0n) is 13.1. The SMILES string of the molecule is C[C@H](NC(=O)CCC(=O)NC1CCCCCC1)c1ncn[nH]1. The highest BCUT2D eigenvalue weighted by Crippen LogP contribution is 2.17. The summed E-state index contributed by atoms with van der Waals surface area (Å²) < 4.78 is 0. The van der Waals surface area contributed by atoms with E-state index in [9.17, 15) is 9.59 Å². The standard InChI is InChI=1S/C15H25N5O2/c1-11(15-16-10-17-20-15)18-13(21)8-9-14(22)19-12-6-4-2-3-5-7-12/h10-12H,2-9H2,1H3,(H,18,21)(H,19,22)(H,16,17,20)/t11-/m0/s1. The maximum atomic E-state index is 11.9. The summed E-state index contributed by atoms with van der Waals surface area (Å²) in [7, 11) is 0. The van der Waals surface area contributed by atoms with Gasteiger partial charge in [-0.2, -0.15) is 5.10 Å². The molecule has 7 nitrogen and oxygen atoms in total. The Hall–Kier alpha value is -1.92. The number of H-pyrrole nitrogens is 1. The Balaban J connectivity index is 1.65. The Morgan fingerprint density at radius 2 is 1.91 bits per heavy atom. The second kappa shape index (κ2) is 8.51. The van der Waals surface area contributed by atoms with Crippen LogP contribution in [0.2, 0.25) is 0 Å². The van der Waals surface area contributed by atoms with Crippen molar-refractivity contribution in [2.45, 2.75) is 70.4 Å². The smallest absolute Gasteiger partial charge is 0.221 e. The van der Waals surface area contributed by atoms with E-state index in [0.29, 0.717) is 5.82 Å². The molecular weight excluding hydrogens is 282 g/mol. The number of hydrogen-bond donors (Lipinski definition) is 3. The van der Waals surface area contributed by atoms with E-state index in [4.69, 9.17) is 0 Å². The number of hydrogen-bond acceptors (Lipinski definition) is 4. The summed E-state index contributed by atoms with van der Waals surface area (Å²) in [5, 5.41) is 12.3. The van der Waals surface area contributed by atoms with Crippen LogP contribution in [0.4, 0.5) is 0 Å². The number of carbonyl (C=O) groups excluding carboxylic acids is 2. The number of nitrogens with zero attached hydrogens (tertiary/aromatic N) is 2. The molecule has 1 aliphatic rings. The number of nitrogens with one attached hydrogen (secondary N) is 3. The predicted molar refractivity (Wildman–Crippen MR) is 81.8 cm³/mol. The lowest BCUT2D eigenvalue weighted by Crippen LogP contribution is -2.35. The van der Waals surface area contributed by atoms with Crippen molar-refractivity contribution in [3.8, 4) is 0 Å². The zero-order chi connectivity index (χ0) is 15.8. The topological polar surface area (TPSA) is 99.8 Å². The first-order valence-electron chi connectivity index (χ1n) is 8.09. The lowest BCUT2D eigenvalue weighted by atomic mass is 10.1. The Bertz CT molecular complexity index is 466. The highest BCUT2D eigenvalue weighted by atomic mass is 16.2. The average Bonchev–Trinajstić information content (AvgIpc) is 2.92. The molecule has 2 amide bonds. The molecule has 3 N–H and O–H groups in total. The van der Waals surface area contributed by atoms with Crippen LogP contribution >= 0.6 is 0 Å². The molecule has 22 heavy (non-hydrogen) atoms. The van der Waals surface area contributed by atoms with Gasteiger partial charge < -0.3 is 10.6 Å². The van der Waals surface area contributed by atoms with Crippen molar-refractivity contribution in [3.05, 3.63) is 12.2 Å². The molecule has 0 saturated heterocycles. The third-order valence-corrected chi connectivity index (χ3v) is 4.02. The van der Waals surface area contributed by atoms with Crippen molar-refractivity contribution in [1.29, 1.82) is 0 Å². The van der Waals surface area contributed by atoms with Crippen molar-refractivity contribution in [3.63, 3.8) is 0 Å². The number of aromatic amines is 1. The van der Waals surface area contributed by atoms with Crippen LogP contribution in [0.3, 0.4) is 0 Å². The largest absolute Gasteiger partial charge is 0.353 e. The maximum Gasteiger partial charge on any atom is 0.221 e. The molecule has 0 spiro atoms. The molecule has 1 atom stereocenters. The second-order valence-corrected chi connectivity index (χ2v) is 5.92. The van der Waals surface area contributed by atoms with Crippen molar-refractivity contribution < 1.29 is 9.59 Å². The van der Waals surface area contributed by atoms with Gasteiger partial charge in [-0.05, 0) is 19.8 Å². The van der Waals surface area contributed by atoms with E-state index in [0.717, 1.165) is 12.8 Å². The molecule has 1 aromatic rings. The first-order chi connectivity index (χ1) is 10.6. The van der Waals surface area contributed by atoms with E-state index >= 15 is 0 Å². The number of carbonyl (C=O) groups is 2. The summed E-state index contributed by atoms with van der Waals surface area (Å²) in [6.07, 6.45) is 8.81. The molecule has 1 aromatic heterocycles. The van der Waals surface area contributed by atoms with Crippen LogP contribution in [0.5, 0.6) is 0 Å². The quantitative estimate of drug-likeness (QED) is 0.695. The Morgan fingerprint density at radius 1 is 1.23 bits per heavy atom. The van der Waals surface area contributed by atoms with Gasteiger partial charge in [0.05, 0.1) is 6.04 Å². The normalized spacial score (nSPS) is 17.5. The van der Waals surface area contributed by atoms with Gasteiger partial charge in [0.15, 0.2) is 0 Å². The van der Waals surface area contributed by atoms with E-state index in [1.54, 1.807) is 0 Å². The summed E-state index contributed by atoms with van der Waals surface area (Å²) in [5.41, 5.74) is 0. The molecular formula is C15H25N5O2. The van der Waals surface area contributed by atoms with E-state index in [1.807, 2.05) is 6.92 Å². The van der Waals surface area contributed by atoms with Crippen LogP contribution in [0.1, 0.15) is 70.2 Å². The minimum Gasteiger partial charge on any atom is -0.353 e. The van der Waals surface area contributed by atoms with Crippen LogP contribution in [-0.2, 0) is 9.59 Å². The van der Waals surface area contributed by atoms with Crippen LogP contribution in [-0.4, -0.2) is 33.0 Å². The Labute approximate surface area is 130 Å². The monoisotopic (exact) mass is 307 g/mol. The van der Waals surface area contributed by atoms with Gasteiger partial charge in [0.1, 0.15) is 12.2 Å². The van der Waals surface area contributed by atoms with Crippen LogP contribution in [0.15, 0.2) is 6.33 Å². The molecule has 7 heteroatoms. The van der Waals surface area contributed by atoms with Gasteiger partial charge in [-0.25, -0.2) is 4.98 Å². The molecule has 2 rings (SSSR count). The summed E-state index contributed by atoms with van der Waals surface area (Å²) in [6.45, 7) is 1.82. The molecule has 1 fully saturated rings. The minimum absolute atomic E-state index is 0.0330. The maximum absolute atomic E-state index is 11.9. The van der Waals surface area contributed by atoms with Crippen molar-refractivity contribution in [2.24, 2.45) is 0 Å². The summed E-state index contributed by atoms with van der Waals surface area (Å²) in [5.74, 6) is 0.422.